The van der Waals surface area contributed by atoms with E-state index in [4.69, 9.17) is 26.4 Å². The number of aliphatic imine (C=N–C) groups is 1. The summed E-state index contributed by atoms with van der Waals surface area (Å²) < 4.78 is 10.8. The van der Waals surface area contributed by atoms with E-state index in [1.165, 1.54) is 18.7 Å². The van der Waals surface area contributed by atoms with Gasteiger partial charge in [-0.15, -0.1) is 0 Å². The minimum atomic E-state index is -0.478. The monoisotopic (exact) mass is 557 g/mol. The first-order valence-electron chi connectivity index (χ1n) is 13.9. The molecule has 0 unspecified atom stereocenters. The standard InChI is InChI=1S/C29H33N7O3.C2H6/c1-2-38-29(37)20(16-30)17-33-21-10-12-22(13-11-21)36-28-25(27(32)34-18-35-28)26(31)19-8-14-24(15-9-19)39-23-6-4-3-5-7-23;1-2/h3-9,14-18,21-22,31H,2,10-13,30H2,1H3,(H3,32,34,35,36);1-2H3/b20-16+,31-26?,33-17?;. The van der Waals surface area contributed by atoms with Crippen LogP contribution in [0, 0.1) is 5.41 Å². The van der Waals surface area contributed by atoms with Crippen molar-refractivity contribution in [1.29, 1.82) is 5.41 Å². The first kappa shape index (κ1) is 30.8. The SMILES string of the molecule is CC.CCOC(=O)/C(C=NC1CCC(Nc2ncnc(N)c2C(=N)c2ccc(Oc3ccccc3)cc2)CC1)=C/N. The lowest BCUT2D eigenvalue weighted by Crippen LogP contribution is -2.29. The summed E-state index contributed by atoms with van der Waals surface area (Å²) in [6.07, 6.45) is 7.44. The number of hydrogen-bond donors (Lipinski definition) is 4. The van der Waals surface area contributed by atoms with Crippen LogP contribution in [0.1, 0.15) is 57.6 Å². The summed E-state index contributed by atoms with van der Waals surface area (Å²) in [4.78, 5) is 25.0. The molecule has 216 valence electrons. The number of nitrogens with two attached hydrogens (primary N) is 2. The number of anilines is 2. The highest BCUT2D eigenvalue weighted by Crippen LogP contribution is 2.28. The molecule has 1 heterocycles. The van der Waals surface area contributed by atoms with Crippen molar-refractivity contribution in [3.63, 3.8) is 0 Å². The number of ether oxygens (including phenoxy) is 2. The molecule has 0 spiro atoms. The molecule has 0 saturated heterocycles. The van der Waals surface area contributed by atoms with E-state index in [1.807, 2.05) is 68.4 Å². The molecule has 0 amide bonds. The van der Waals surface area contributed by atoms with Gasteiger partial charge in [-0.25, -0.2) is 14.8 Å². The maximum absolute atomic E-state index is 11.9. The van der Waals surface area contributed by atoms with E-state index in [0.717, 1.165) is 31.4 Å². The number of benzene rings is 2. The van der Waals surface area contributed by atoms with Crippen LogP contribution in [-0.4, -0.2) is 46.6 Å². The van der Waals surface area contributed by atoms with Crippen LogP contribution in [0.3, 0.4) is 0 Å². The highest BCUT2D eigenvalue weighted by Gasteiger charge is 2.24. The van der Waals surface area contributed by atoms with E-state index < -0.39 is 5.97 Å². The van der Waals surface area contributed by atoms with Gasteiger partial charge >= 0.3 is 5.97 Å². The zero-order valence-electron chi connectivity index (χ0n) is 23.8. The van der Waals surface area contributed by atoms with E-state index in [2.05, 4.69) is 20.3 Å². The fraction of sp³-hybridized carbons (Fsp3) is 0.323. The zero-order chi connectivity index (χ0) is 29.6. The normalized spacial score (nSPS) is 16.8. The van der Waals surface area contributed by atoms with Gasteiger partial charge in [0.05, 0.1) is 29.5 Å². The molecule has 10 nitrogen and oxygen atoms in total. The van der Waals surface area contributed by atoms with E-state index in [1.54, 1.807) is 6.92 Å². The fourth-order valence-electron chi connectivity index (χ4n) is 4.34. The van der Waals surface area contributed by atoms with Crippen LogP contribution < -0.4 is 21.5 Å². The van der Waals surface area contributed by atoms with E-state index >= 15 is 0 Å². The van der Waals surface area contributed by atoms with Crippen LogP contribution in [0.4, 0.5) is 11.6 Å². The smallest absolute Gasteiger partial charge is 0.341 e. The molecule has 0 atom stereocenters. The first-order valence-corrected chi connectivity index (χ1v) is 13.9. The molecule has 0 aliphatic heterocycles. The Kier molecular flexibility index (Phi) is 11.8. The number of nitrogens with zero attached hydrogens (tertiary/aromatic N) is 3. The average molecular weight is 558 g/mol. The van der Waals surface area contributed by atoms with Crippen molar-refractivity contribution in [3.8, 4) is 11.5 Å². The third-order valence-electron chi connectivity index (χ3n) is 6.40. The topological polar surface area (TPSA) is 162 Å². The molecule has 2 aromatic carbocycles. The van der Waals surface area contributed by atoms with Crippen molar-refractivity contribution in [2.75, 3.05) is 17.7 Å². The Bertz CT molecular complexity index is 1330. The molecule has 1 aromatic heterocycles. The molecule has 4 rings (SSSR count). The van der Waals surface area contributed by atoms with Crippen molar-refractivity contribution >= 4 is 29.5 Å². The molecule has 1 saturated carbocycles. The van der Waals surface area contributed by atoms with Crippen LogP contribution in [0.15, 0.2) is 77.7 Å². The van der Waals surface area contributed by atoms with Gasteiger partial charge < -0.3 is 26.3 Å². The number of carbonyl (C=O) groups is 1. The number of aromatic nitrogens is 2. The summed E-state index contributed by atoms with van der Waals surface area (Å²) in [7, 11) is 0. The molecule has 1 aliphatic carbocycles. The van der Waals surface area contributed by atoms with Gasteiger partial charge in [-0.2, -0.15) is 0 Å². The molecular formula is C31H39N7O3. The largest absolute Gasteiger partial charge is 0.462 e. The first-order chi connectivity index (χ1) is 20.0. The van der Waals surface area contributed by atoms with Gasteiger partial charge in [-0.3, -0.25) is 10.4 Å². The van der Waals surface area contributed by atoms with Crippen LogP contribution in [0.2, 0.25) is 0 Å². The van der Waals surface area contributed by atoms with Crippen LogP contribution in [-0.2, 0) is 9.53 Å². The predicted octanol–water partition coefficient (Wildman–Crippen LogP) is 5.49. The van der Waals surface area contributed by atoms with Crippen LogP contribution in [0.25, 0.3) is 0 Å². The maximum atomic E-state index is 11.9. The van der Waals surface area contributed by atoms with Crippen molar-refractivity contribution in [2.45, 2.75) is 58.5 Å². The third kappa shape index (κ3) is 8.63. The van der Waals surface area contributed by atoms with Gasteiger partial charge in [0, 0.05) is 24.0 Å². The van der Waals surface area contributed by atoms with Gasteiger partial charge in [0.15, 0.2) is 0 Å². The number of rotatable bonds is 10. The summed E-state index contributed by atoms with van der Waals surface area (Å²) in [5.41, 5.74) is 13.4. The molecule has 0 bridgehead atoms. The summed E-state index contributed by atoms with van der Waals surface area (Å²) in [5.74, 6) is 1.70. The maximum Gasteiger partial charge on any atom is 0.341 e. The number of hydrogen-bond acceptors (Lipinski definition) is 10. The molecule has 1 aliphatic rings. The molecule has 3 aromatic rings. The molecule has 6 N–H and O–H groups in total. The predicted molar refractivity (Wildman–Crippen MR) is 164 cm³/mol. The zero-order valence-corrected chi connectivity index (χ0v) is 23.8. The summed E-state index contributed by atoms with van der Waals surface area (Å²) in [6, 6.07) is 17.0. The highest BCUT2D eigenvalue weighted by molar-refractivity contribution is 6.16. The summed E-state index contributed by atoms with van der Waals surface area (Å²) >= 11 is 0. The third-order valence-corrected chi connectivity index (χ3v) is 6.40. The average Bonchev–Trinajstić information content (AvgIpc) is 3.00. The lowest BCUT2D eigenvalue weighted by atomic mass is 9.91. The Morgan fingerprint density at radius 1 is 1.05 bits per heavy atom. The van der Waals surface area contributed by atoms with E-state index in [0.29, 0.717) is 22.7 Å². The van der Waals surface area contributed by atoms with Crippen LogP contribution in [0.5, 0.6) is 11.5 Å². The van der Waals surface area contributed by atoms with Gasteiger partial charge in [-0.05, 0) is 69.0 Å². The van der Waals surface area contributed by atoms with Crippen molar-refractivity contribution in [3.05, 3.63) is 83.8 Å². The molecule has 0 radical (unpaired) electrons. The van der Waals surface area contributed by atoms with E-state index in [-0.39, 0.29) is 35.8 Å². The highest BCUT2D eigenvalue weighted by atomic mass is 16.5. The van der Waals surface area contributed by atoms with Crippen LogP contribution >= 0.6 is 0 Å². The van der Waals surface area contributed by atoms with Crippen molar-refractivity contribution < 1.29 is 14.3 Å². The number of nitrogen functional groups attached to an aromatic ring is 1. The fourth-order valence-corrected chi connectivity index (χ4v) is 4.34. The molecule has 1 fully saturated rings. The lowest BCUT2D eigenvalue weighted by molar-refractivity contribution is -0.137. The quantitative estimate of drug-likeness (QED) is 0.144. The summed E-state index contributed by atoms with van der Waals surface area (Å²) in [6.45, 7) is 6.02. The second-order valence-corrected chi connectivity index (χ2v) is 9.07. The Hall–Kier alpha value is -4.73. The van der Waals surface area contributed by atoms with E-state index in [9.17, 15) is 4.79 Å². The second kappa shape index (κ2) is 15.8. The molecule has 10 heteroatoms. The Morgan fingerprint density at radius 2 is 1.71 bits per heavy atom. The van der Waals surface area contributed by atoms with Gasteiger partial charge in [0.25, 0.3) is 0 Å². The molecular weight excluding hydrogens is 518 g/mol. The lowest BCUT2D eigenvalue weighted by Gasteiger charge is -2.28. The van der Waals surface area contributed by atoms with Crippen molar-refractivity contribution in [1.82, 2.24) is 9.97 Å². The minimum absolute atomic E-state index is 0.0808. The Balaban J connectivity index is 0.00000226. The second-order valence-electron chi connectivity index (χ2n) is 9.07. The van der Waals surface area contributed by atoms with Gasteiger partial charge in [-0.1, -0.05) is 32.0 Å². The minimum Gasteiger partial charge on any atom is -0.462 e. The number of nitrogens with one attached hydrogen (secondary N) is 2. The Labute approximate surface area is 241 Å². The molecule has 41 heavy (non-hydrogen) atoms. The number of carbonyl (C=O) groups excluding carboxylic acids is 1. The van der Waals surface area contributed by atoms with Gasteiger partial charge in [0.2, 0.25) is 0 Å². The summed E-state index contributed by atoms with van der Waals surface area (Å²) in [5, 5.41) is 12.3. The number of para-hydroxylation sites is 1. The van der Waals surface area contributed by atoms with Crippen molar-refractivity contribution in [2.24, 2.45) is 10.7 Å². The Morgan fingerprint density at radius 3 is 2.34 bits per heavy atom. The van der Waals surface area contributed by atoms with Gasteiger partial charge in [0.1, 0.15) is 29.5 Å². The number of esters is 1.